The van der Waals surface area contributed by atoms with Gasteiger partial charge in [-0.15, -0.1) is 0 Å². The van der Waals surface area contributed by atoms with Crippen LogP contribution in [0, 0.1) is 5.92 Å². The molecule has 6 nitrogen and oxygen atoms in total. The SMILES string of the molecule is C=CC(OOC(C)(C)C(C)C)OC(C)(C)OC(=O)O. The predicted octanol–water partition coefficient (Wildman–Crippen LogP) is 3.33. The minimum Gasteiger partial charge on any atom is -0.450 e. The van der Waals surface area contributed by atoms with Crippen molar-refractivity contribution in [2.24, 2.45) is 5.92 Å². The monoisotopic (exact) mass is 276 g/mol. The van der Waals surface area contributed by atoms with Crippen LogP contribution < -0.4 is 0 Å². The van der Waals surface area contributed by atoms with Gasteiger partial charge in [-0.1, -0.05) is 20.4 Å². The normalized spacial score (nSPS) is 14.3. The highest BCUT2D eigenvalue weighted by Gasteiger charge is 2.30. The van der Waals surface area contributed by atoms with Crippen LogP contribution in [0.3, 0.4) is 0 Å². The van der Waals surface area contributed by atoms with Gasteiger partial charge in [0.2, 0.25) is 12.1 Å². The summed E-state index contributed by atoms with van der Waals surface area (Å²) in [6, 6.07) is 0. The fourth-order valence-corrected chi connectivity index (χ4v) is 0.889. The second-order valence-electron chi connectivity index (χ2n) is 5.43. The molecule has 19 heavy (non-hydrogen) atoms. The van der Waals surface area contributed by atoms with Crippen LogP contribution in [-0.2, 0) is 19.2 Å². The molecule has 0 bridgehead atoms. The van der Waals surface area contributed by atoms with E-state index < -0.39 is 23.8 Å². The molecule has 0 radical (unpaired) electrons. The summed E-state index contributed by atoms with van der Waals surface area (Å²) in [6.07, 6.45) is -1.02. The van der Waals surface area contributed by atoms with Gasteiger partial charge in [-0.3, -0.25) is 0 Å². The Hall–Kier alpha value is -1.11. The lowest BCUT2D eigenvalue weighted by Crippen LogP contribution is -2.38. The van der Waals surface area contributed by atoms with Crippen LogP contribution in [-0.4, -0.2) is 28.9 Å². The van der Waals surface area contributed by atoms with Crippen molar-refractivity contribution < 1.29 is 29.1 Å². The smallest absolute Gasteiger partial charge is 0.450 e. The van der Waals surface area contributed by atoms with Crippen LogP contribution in [0.1, 0.15) is 41.5 Å². The third kappa shape index (κ3) is 7.15. The highest BCUT2D eigenvalue weighted by atomic mass is 17.2. The Bertz CT molecular complexity index is 308. The molecule has 0 saturated carbocycles. The van der Waals surface area contributed by atoms with Crippen molar-refractivity contribution in [3.63, 3.8) is 0 Å². The number of hydrogen-bond acceptors (Lipinski definition) is 5. The van der Waals surface area contributed by atoms with Crippen molar-refractivity contribution in [3.05, 3.63) is 12.7 Å². The molecule has 0 aliphatic carbocycles. The number of hydrogen-bond donors (Lipinski definition) is 1. The Morgan fingerprint density at radius 2 is 1.79 bits per heavy atom. The van der Waals surface area contributed by atoms with Crippen molar-refractivity contribution in [1.82, 2.24) is 0 Å². The molecule has 0 heterocycles. The minimum atomic E-state index is -1.43. The summed E-state index contributed by atoms with van der Waals surface area (Å²) in [4.78, 5) is 20.9. The number of carboxylic acid groups (broad SMARTS) is 1. The van der Waals surface area contributed by atoms with Gasteiger partial charge in [0.1, 0.15) is 5.60 Å². The fourth-order valence-electron chi connectivity index (χ4n) is 0.889. The molecule has 0 aromatic rings. The highest BCUT2D eigenvalue weighted by molar-refractivity contribution is 5.57. The van der Waals surface area contributed by atoms with E-state index in [1.807, 2.05) is 27.7 Å². The van der Waals surface area contributed by atoms with Crippen LogP contribution in [0.4, 0.5) is 4.79 Å². The zero-order chi connectivity index (χ0) is 15.3. The molecule has 0 aromatic carbocycles. The minimum absolute atomic E-state index is 0.223. The van der Waals surface area contributed by atoms with E-state index in [0.29, 0.717) is 0 Å². The lowest BCUT2D eigenvalue weighted by molar-refractivity contribution is -0.434. The van der Waals surface area contributed by atoms with E-state index in [1.54, 1.807) is 0 Å². The third-order valence-electron chi connectivity index (χ3n) is 2.67. The van der Waals surface area contributed by atoms with Gasteiger partial charge < -0.3 is 14.6 Å². The molecule has 1 unspecified atom stereocenters. The fraction of sp³-hybridized carbons (Fsp3) is 0.769. The molecular weight excluding hydrogens is 252 g/mol. The molecular formula is C13H24O6. The maximum atomic E-state index is 10.5. The topological polar surface area (TPSA) is 74.2 Å². The second-order valence-corrected chi connectivity index (χ2v) is 5.43. The Morgan fingerprint density at radius 1 is 1.26 bits per heavy atom. The summed E-state index contributed by atoms with van der Waals surface area (Å²) < 4.78 is 9.87. The largest absolute Gasteiger partial charge is 0.508 e. The molecule has 6 heteroatoms. The number of carbonyl (C=O) groups is 1. The standard InChI is InChI=1S/C13H24O6/c1-8-10(16-13(6,7)17-11(14)15)18-19-12(4,5)9(2)3/h8-10H,1H2,2-7H3,(H,14,15). The molecule has 0 rings (SSSR count). The van der Waals surface area contributed by atoms with E-state index in [4.69, 9.17) is 19.6 Å². The van der Waals surface area contributed by atoms with Gasteiger partial charge in [-0.25, -0.2) is 9.68 Å². The first-order valence-corrected chi connectivity index (χ1v) is 6.07. The Labute approximate surface area is 114 Å². The molecule has 0 saturated heterocycles. The molecule has 0 fully saturated rings. The first-order valence-electron chi connectivity index (χ1n) is 6.07. The maximum Gasteiger partial charge on any atom is 0.508 e. The zero-order valence-electron chi connectivity index (χ0n) is 12.4. The quantitative estimate of drug-likeness (QED) is 0.241. The van der Waals surface area contributed by atoms with E-state index in [-0.39, 0.29) is 5.92 Å². The van der Waals surface area contributed by atoms with E-state index in [1.165, 1.54) is 19.9 Å². The second kappa shape index (κ2) is 6.88. The number of ether oxygens (including phenoxy) is 2. The molecule has 0 aromatic heterocycles. The maximum absolute atomic E-state index is 10.5. The van der Waals surface area contributed by atoms with Gasteiger partial charge in [0.05, 0.1) is 0 Å². The average Bonchev–Trinajstić information content (AvgIpc) is 2.21. The Kier molecular flexibility index (Phi) is 6.48. The first kappa shape index (κ1) is 17.9. The Morgan fingerprint density at radius 3 is 2.16 bits per heavy atom. The van der Waals surface area contributed by atoms with Gasteiger partial charge >= 0.3 is 6.16 Å². The lowest BCUT2D eigenvalue weighted by Gasteiger charge is -2.31. The highest BCUT2D eigenvalue weighted by Crippen LogP contribution is 2.23. The van der Waals surface area contributed by atoms with Gasteiger partial charge in [-0.2, -0.15) is 4.89 Å². The van der Waals surface area contributed by atoms with Crippen molar-refractivity contribution in [3.8, 4) is 0 Å². The van der Waals surface area contributed by atoms with E-state index in [9.17, 15) is 4.79 Å². The Balaban J connectivity index is 4.45. The van der Waals surface area contributed by atoms with Crippen LogP contribution >= 0.6 is 0 Å². The molecule has 1 N–H and O–H groups in total. The van der Waals surface area contributed by atoms with Gasteiger partial charge in [0.25, 0.3) is 0 Å². The van der Waals surface area contributed by atoms with Crippen molar-refractivity contribution >= 4 is 6.16 Å². The predicted molar refractivity (Wildman–Crippen MR) is 69.3 cm³/mol. The van der Waals surface area contributed by atoms with Gasteiger partial charge in [-0.05, 0) is 25.8 Å². The summed E-state index contributed by atoms with van der Waals surface area (Å²) >= 11 is 0. The molecule has 112 valence electrons. The van der Waals surface area contributed by atoms with Crippen LogP contribution in [0.25, 0.3) is 0 Å². The average molecular weight is 276 g/mol. The summed E-state index contributed by atoms with van der Waals surface area (Å²) in [5.41, 5.74) is -0.511. The van der Waals surface area contributed by atoms with E-state index in [0.717, 1.165) is 0 Å². The lowest BCUT2D eigenvalue weighted by atomic mass is 9.95. The van der Waals surface area contributed by atoms with E-state index >= 15 is 0 Å². The number of rotatable bonds is 8. The van der Waals surface area contributed by atoms with Crippen molar-refractivity contribution in [1.29, 1.82) is 0 Å². The van der Waals surface area contributed by atoms with Crippen molar-refractivity contribution in [2.45, 2.75) is 59.2 Å². The summed E-state index contributed by atoms with van der Waals surface area (Å²) in [5.74, 6) is -1.14. The van der Waals surface area contributed by atoms with Crippen LogP contribution in [0.15, 0.2) is 12.7 Å². The molecule has 1 atom stereocenters. The molecule has 0 spiro atoms. The zero-order valence-corrected chi connectivity index (χ0v) is 12.4. The molecule has 0 aliphatic heterocycles. The molecule has 0 aliphatic rings. The first-order chi connectivity index (χ1) is 8.50. The van der Waals surface area contributed by atoms with Crippen LogP contribution in [0.2, 0.25) is 0 Å². The van der Waals surface area contributed by atoms with Crippen molar-refractivity contribution in [2.75, 3.05) is 0 Å². The van der Waals surface area contributed by atoms with Gasteiger partial charge in [0.15, 0.2) is 0 Å². The van der Waals surface area contributed by atoms with Crippen LogP contribution in [0.5, 0.6) is 0 Å². The summed E-state index contributed by atoms with van der Waals surface area (Å²) in [5, 5.41) is 8.57. The summed E-state index contributed by atoms with van der Waals surface area (Å²) in [6.45, 7) is 14.2. The third-order valence-corrected chi connectivity index (χ3v) is 2.67. The summed E-state index contributed by atoms with van der Waals surface area (Å²) in [7, 11) is 0. The molecule has 0 amide bonds. The van der Waals surface area contributed by atoms with E-state index in [2.05, 4.69) is 11.3 Å². The van der Waals surface area contributed by atoms with Gasteiger partial charge in [0, 0.05) is 13.8 Å².